The summed E-state index contributed by atoms with van der Waals surface area (Å²) in [5.74, 6) is 1.05. The van der Waals surface area contributed by atoms with Crippen LogP contribution in [-0.4, -0.2) is 19.0 Å². The Labute approximate surface area is 80.7 Å². The maximum atomic E-state index is 11.7. The largest absolute Gasteiger partial charge is 0.381 e. The summed E-state index contributed by atoms with van der Waals surface area (Å²) in [6.07, 6.45) is 0.707. The summed E-state index contributed by atoms with van der Waals surface area (Å²) >= 11 is 0. The zero-order valence-corrected chi connectivity index (χ0v) is 9.09. The van der Waals surface area contributed by atoms with Crippen molar-refractivity contribution < 1.29 is 9.53 Å². The third-order valence-corrected chi connectivity index (χ3v) is 2.98. The van der Waals surface area contributed by atoms with Crippen LogP contribution in [0.2, 0.25) is 0 Å². The summed E-state index contributed by atoms with van der Waals surface area (Å²) in [7, 11) is 0. The van der Waals surface area contributed by atoms with Crippen molar-refractivity contribution in [1.29, 1.82) is 0 Å². The summed E-state index contributed by atoms with van der Waals surface area (Å²) in [6, 6.07) is 0. The highest BCUT2D eigenvalue weighted by atomic mass is 16.5. The molecule has 0 aromatic rings. The van der Waals surface area contributed by atoms with Gasteiger partial charge in [0.05, 0.1) is 13.2 Å². The van der Waals surface area contributed by atoms with Crippen molar-refractivity contribution in [2.75, 3.05) is 13.2 Å². The van der Waals surface area contributed by atoms with Gasteiger partial charge in [-0.2, -0.15) is 0 Å². The zero-order valence-electron chi connectivity index (χ0n) is 9.09. The summed E-state index contributed by atoms with van der Waals surface area (Å²) in [5, 5.41) is 0. The van der Waals surface area contributed by atoms with Gasteiger partial charge < -0.3 is 4.74 Å². The smallest absolute Gasteiger partial charge is 0.136 e. The second-order valence-electron chi connectivity index (χ2n) is 5.16. The van der Waals surface area contributed by atoms with Crippen LogP contribution in [-0.2, 0) is 9.53 Å². The molecule has 0 amide bonds. The standard InChI is InChI=1S/C11H20O2/c1-8(11(2,3)4)10(12)5-9-6-13-7-9/h8-9H,5-7H2,1-4H3/t8-/m1/s1. The Hall–Kier alpha value is -0.370. The van der Waals surface area contributed by atoms with Crippen molar-refractivity contribution in [3.63, 3.8) is 0 Å². The summed E-state index contributed by atoms with van der Waals surface area (Å²) in [6.45, 7) is 9.94. The van der Waals surface area contributed by atoms with Crippen molar-refractivity contribution in [1.82, 2.24) is 0 Å². The number of ketones is 1. The fraction of sp³-hybridized carbons (Fsp3) is 0.909. The molecule has 1 saturated heterocycles. The third kappa shape index (κ3) is 2.80. The van der Waals surface area contributed by atoms with Crippen LogP contribution in [0, 0.1) is 17.3 Å². The Kier molecular flexibility index (Phi) is 3.12. The maximum absolute atomic E-state index is 11.7. The van der Waals surface area contributed by atoms with Crippen molar-refractivity contribution in [2.24, 2.45) is 17.3 Å². The second-order valence-corrected chi connectivity index (χ2v) is 5.16. The van der Waals surface area contributed by atoms with Crippen LogP contribution < -0.4 is 0 Å². The van der Waals surface area contributed by atoms with Gasteiger partial charge in [-0.15, -0.1) is 0 Å². The average Bonchev–Trinajstić information content (AvgIpc) is 1.93. The van der Waals surface area contributed by atoms with Gasteiger partial charge in [0, 0.05) is 18.3 Å². The molecular weight excluding hydrogens is 164 g/mol. The van der Waals surface area contributed by atoms with E-state index in [1.54, 1.807) is 0 Å². The minimum absolute atomic E-state index is 0.0989. The molecule has 0 spiro atoms. The van der Waals surface area contributed by atoms with E-state index in [-0.39, 0.29) is 11.3 Å². The molecule has 76 valence electrons. The van der Waals surface area contributed by atoms with E-state index in [0.717, 1.165) is 13.2 Å². The van der Waals surface area contributed by atoms with E-state index in [1.807, 2.05) is 6.92 Å². The molecule has 0 saturated carbocycles. The van der Waals surface area contributed by atoms with Gasteiger partial charge in [0.2, 0.25) is 0 Å². The van der Waals surface area contributed by atoms with E-state index >= 15 is 0 Å². The molecule has 0 aliphatic carbocycles. The van der Waals surface area contributed by atoms with Crippen molar-refractivity contribution in [2.45, 2.75) is 34.1 Å². The lowest BCUT2D eigenvalue weighted by Gasteiger charge is -2.30. The van der Waals surface area contributed by atoms with Gasteiger partial charge in [-0.1, -0.05) is 27.7 Å². The number of carbonyl (C=O) groups excluding carboxylic acids is 1. The van der Waals surface area contributed by atoms with E-state index in [9.17, 15) is 4.79 Å². The molecule has 13 heavy (non-hydrogen) atoms. The Balaban J connectivity index is 2.37. The van der Waals surface area contributed by atoms with Crippen LogP contribution >= 0.6 is 0 Å². The van der Waals surface area contributed by atoms with Crippen LogP contribution in [0.3, 0.4) is 0 Å². The monoisotopic (exact) mass is 184 g/mol. The van der Waals surface area contributed by atoms with E-state index in [4.69, 9.17) is 4.74 Å². The van der Waals surface area contributed by atoms with Crippen LogP contribution in [0.1, 0.15) is 34.1 Å². The number of hydrogen-bond donors (Lipinski definition) is 0. The van der Waals surface area contributed by atoms with Gasteiger partial charge in [0.25, 0.3) is 0 Å². The molecule has 1 aliphatic rings. The van der Waals surface area contributed by atoms with Crippen molar-refractivity contribution in [3.8, 4) is 0 Å². The molecule has 0 N–H and O–H groups in total. The van der Waals surface area contributed by atoms with Crippen LogP contribution in [0.15, 0.2) is 0 Å². The third-order valence-electron chi connectivity index (χ3n) is 2.98. The molecule has 0 aromatic heterocycles. The van der Waals surface area contributed by atoms with Crippen LogP contribution in [0.25, 0.3) is 0 Å². The number of ether oxygens (including phenoxy) is 1. The molecule has 0 aromatic carbocycles. The molecule has 1 fully saturated rings. The number of carbonyl (C=O) groups is 1. The Morgan fingerprint density at radius 1 is 1.46 bits per heavy atom. The molecular formula is C11H20O2. The van der Waals surface area contributed by atoms with Crippen LogP contribution in [0.5, 0.6) is 0 Å². The summed E-state index contributed by atoms with van der Waals surface area (Å²) < 4.78 is 5.05. The Bertz CT molecular complexity index is 187. The molecule has 1 heterocycles. The fourth-order valence-corrected chi connectivity index (χ4v) is 1.35. The highest BCUT2D eigenvalue weighted by molar-refractivity contribution is 5.81. The first kappa shape index (κ1) is 10.7. The molecule has 1 atom stereocenters. The van der Waals surface area contributed by atoms with E-state index in [1.165, 1.54) is 0 Å². The molecule has 0 radical (unpaired) electrons. The van der Waals surface area contributed by atoms with E-state index in [0.29, 0.717) is 18.1 Å². The maximum Gasteiger partial charge on any atom is 0.136 e. The number of Topliss-reactive ketones (excluding diaryl/α,β-unsaturated/α-hetero) is 1. The van der Waals surface area contributed by atoms with Crippen LogP contribution in [0.4, 0.5) is 0 Å². The first-order valence-electron chi connectivity index (χ1n) is 5.01. The molecule has 2 heteroatoms. The first-order valence-corrected chi connectivity index (χ1v) is 5.01. The van der Waals surface area contributed by atoms with Crippen molar-refractivity contribution in [3.05, 3.63) is 0 Å². The minimum atomic E-state index is 0.0989. The van der Waals surface area contributed by atoms with Gasteiger partial charge in [0.15, 0.2) is 0 Å². The lowest BCUT2D eigenvalue weighted by molar-refractivity contribution is -0.130. The first-order chi connectivity index (χ1) is 5.91. The molecule has 0 bridgehead atoms. The van der Waals surface area contributed by atoms with Gasteiger partial charge in [-0.25, -0.2) is 0 Å². The van der Waals surface area contributed by atoms with E-state index < -0.39 is 0 Å². The van der Waals surface area contributed by atoms with Gasteiger partial charge in [-0.05, 0) is 5.41 Å². The highest BCUT2D eigenvalue weighted by Gasteiger charge is 2.30. The van der Waals surface area contributed by atoms with Gasteiger partial charge in [0.1, 0.15) is 5.78 Å². The highest BCUT2D eigenvalue weighted by Crippen LogP contribution is 2.29. The lowest BCUT2D eigenvalue weighted by Crippen LogP contribution is -2.34. The molecule has 1 rings (SSSR count). The van der Waals surface area contributed by atoms with Crippen molar-refractivity contribution >= 4 is 5.78 Å². The summed E-state index contributed by atoms with van der Waals surface area (Å²) in [4.78, 5) is 11.7. The molecule has 1 aliphatic heterocycles. The molecule has 0 unspecified atom stereocenters. The van der Waals surface area contributed by atoms with Gasteiger partial charge >= 0.3 is 0 Å². The lowest BCUT2D eigenvalue weighted by atomic mass is 9.77. The average molecular weight is 184 g/mol. The van der Waals surface area contributed by atoms with Gasteiger partial charge in [-0.3, -0.25) is 4.79 Å². The normalized spacial score (nSPS) is 20.9. The number of rotatable bonds is 3. The number of hydrogen-bond acceptors (Lipinski definition) is 2. The Morgan fingerprint density at radius 2 is 2.00 bits per heavy atom. The summed E-state index contributed by atoms with van der Waals surface area (Å²) in [5.41, 5.74) is 0.0989. The quantitative estimate of drug-likeness (QED) is 0.672. The SMILES string of the molecule is C[C@H](C(=O)CC1COC1)C(C)(C)C. The minimum Gasteiger partial charge on any atom is -0.381 e. The topological polar surface area (TPSA) is 26.3 Å². The molecule has 2 nitrogen and oxygen atoms in total. The Morgan fingerprint density at radius 3 is 2.31 bits per heavy atom. The predicted octanol–water partition coefficient (Wildman–Crippen LogP) is 2.27. The fourth-order valence-electron chi connectivity index (χ4n) is 1.35. The second kappa shape index (κ2) is 3.79. The predicted molar refractivity (Wildman–Crippen MR) is 52.6 cm³/mol. The zero-order chi connectivity index (χ0) is 10.1. The van der Waals surface area contributed by atoms with E-state index in [2.05, 4.69) is 20.8 Å².